The van der Waals surface area contributed by atoms with Gasteiger partial charge in [0.05, 0.1) is 5.56 Å². The quantitative estimate of drug-likeness (QED) is 0.686. The van der Waals surface area contributed by atoms with Gasteiger partial charge in [-0.05, 0) is 35.7 Å². The molecule has 138 valence electrons. The fourth-order valence-corrected chi connectivity index (χ4v) is 2.80. The van der Waals surface area contributed by atoms with Gasteiger partial charge in [-0.3, -0.25) is 4.79 Å². The van der Waals surface area contributed by atoms with E-state index in [4.69, 9.17) is 0 Å². The third-order valence-electron chi connectivity index (χ3n) is 4.28. The summed E-state index contributed by atoms with van der Waals surface area (Å²) in [6.45, 7) is 1.11. The topological polar surface area (TPSA) is 45.2 Å². The molecule has 5 heteroatoms. The summed E-state index contributed by atoms with van der Waals surface area (Å²) >= 11 is 0. The van der Waals surface area contributed by atoms with Crippen LogP contribution in [0.25, 0.3) is 0 Å². The Labute approximate surface area is 158 Å². The molecule has 1 N–H and O–H groups in total. The van der Waals surface area contributed by atoms with Gasteiger partial charge in [-0.15, -0.1) is 0 Å². The van der Waals surface area contributed by atoms with Crippen molar-refractivity contribution in [2.75, 3.05) is 18.9 Å². The number of anilines is 1. The fourth-order valence-electron chi connectivity index (χ4n) is 2.80. The Balaban J connectivity index is 1.53. The van der Waals surface area contributed by atoms with Crippen molar-refractivity contribution in [3.8, 4) is 0 Å². The van der Waals surface area contributed by atoms with Gasteiger partial charge in [0, 0.05) is 26.3 Å². The summed E-state index contributed by atoms with van der Waals surface area (Å²) in [5, 5.41) is 3.15. The maximum absolute atomic E-state index is 13.6. The van der Waals surface area contributed by atoms with E-state index in [1.165, 1.54) is 6.07 Å². The zero-order valence-corrected chi connectivity index (χ0v) is 15.2. The third-order valence-corrected chi connectivity index (χ3v) is 4.28. The van der Waals surface area contributed by atoms with Crippen LogP contribution in [0.15, 0.2) is 72.9 Å². The minimum Gasteiger partial charge on any atom is -0.370 e. The van der Waals surface area contributed by atoms with E-state index in [0.717, 1.165) is 5.56 Å². The molecule has 27 heavy (non-hydrogen) atoms. The first-order chi connectivity index (χ1) is 13.1. The molecular formula is C22H22FN3O. The van der Waals surface area contributed by atoms with Gasteiger partial charge in [0.1, 0.15) is 11.6 Å². The number of amides is 1. The highest BCUT2D eigenvalue weighted by Crippen LogP contribution is 2.11. The van der Waals surface area contributed by atoms with Crippen LogP contribution in [-0.4, -0.2) is 29.4 Å². The first kappa shape index (κ1) is 18.6. The van der Waals surface area contributed by atoms with Gasteiger partial charge in [0.25, 0.3) is 5.91 Å². The van der Waals surface area contributed by atoms with Crippen LogP contribution in [0, 0.1) is 5.82 Å². The summed E-state index contributed by atoms with van der Waals surface area (Å²) in [4.78, 5) is 18.5. The van der Waals surface area contributed by atoms with E-state index in [1.54, 1.807) is 42.4 Å². The van der Waals surface area contributed by atoms with Gasteiger partial charge in [-0.1, -0.05) is 48.5 Å². The molecule has 4 nitrogen and oxygen atoms in total. The lowest BCUT2D eigenvalue weighted by Crippen LogP contribution is -2.26. The zero-order valence-electron chi connectivity index (χ0n) is 15.2. The normalized spacial score (nSPS) is 10.4. The van der Waals surface area contributed by atoms with Gasteiger partial charge in [-0.25, -0.2) is 9.37 Å². The Bertz CT molecular complexity index is 882. The SMILES string of the molecule is CN(Cc1ccccc1)C(=O)c1ccc(NCCc2ccccc2F)nc1. The molecule has 0 aliphatic heterocycles. The van der Waals surface area contributed by atoms with Gasteiger partial charge in [0.15, 0.2) is 0 Å². The molecule has 3 rings (SSSR count). The molecular weight excluding hydrogens is 341 g/mol. The predicted octanol–water partition coefficient (Wildman–Crippen LogP) is 4.15. The molecule has 0 spiro atoms. The smallest absolute Gasteiger partial charge is 0.255 e. The lowest BCUT2D eigenvalue weighted by Gasteiger charge is -2.17. The number of halogens is 1. The van der Waals surface area contributed by atoms with Crippen LogP contribution in [-0.2, 0) is 13.0 Å². The fraction of sp³-hybridized carbons (Fsp3) is 0.182. The van der Waals surface area contributed by atoms with Gasteiger partial charge in [-0.2, -0.15) is 0 Å². The molecule has 1 amide bonds. The molecule has 0 saturated heterocycles. The largest absolute Gasteiger partial charge is 0.370 e. The molecule has 0 bridgehead atoms. The van der Waals surface area contributed by atoms with E-state index in [0.29, 0.717) is 36.5 Å². The average Bonchev–Trinajstić information content (AvgIpc) is 2.70. The van der Waals surface area contributed by atoms with Crippen molar-refractivity contribution < 1.29 is 9.18 Å². The second-order valence-electron chi connectivity index (χ2n) is 6.35. The Hall–Kier alpha value is -3.21. The molecule has 0 atom stereocenters. The average molecular weight is 363 g/mol. The number of carbonyl (C=O) groups excluding carboxylic acids is 1. The van der Waals surface area contributed by atoms with Crippen LogP contribution in [0.3, 0.4) is 0 Å². The summed E-state index contributed by atoms with van der Waals surface area (Å²) in [5.41, 5.74) is 2.28. The van der Waals surface area contributed by atoms with Crippen LogP contribution in [0.1, 0.15) is 21.5 Å². The highest BCUT2D eigenvalue weighted by molar-refractivity contribution is 5.93. The molecule has 0 radical (unpaired) electrons. The Morgan fingerprint density at radius 2 is 1.78 bits per heavy atom. The highest BCUT2D eigenvalue weighted by atomic mass is 19.1. The van der Waals surface area contributed by atoms with E-state index < -0.39 is 0 Å². The van der Waals surface area contributed by atoms with Crippen molar-refractivity contribution in [2.45, 2.75) is 13.0 Å². The molecule has 0 fully saturated rings. The highest BCUT2D eigenvalue weighted by Gasteiger charge is 2.12. The number of carbonyl (C=O) groups is 1. The molecule has 0 saturated carbocycles. The van der Waals surface area contributed by atoms with Crippen LogP contribution in [0.4, 0.5) is 10.2 Å². The number of hydrogen-bond donors (Lipinski definition) is 1. The summed E-state index contributed by atoms with van der Waals surface area (Å²) in [6.07, 6.45) is 2.13. The van der Waals surface area contributed by atoms with Crippen molar-refractivity contribution in [3.63, 3.8) is 0 Å². The standard InChI is InChI=1S/C22H22FN3O/c1-26(16-17-7-3-2-4-8-17)22(27)19-11-12-21(25-15-19)24-14-13-18-9-5-6-10-20(18)23/h2-12,15H,13-14,16H2,1H3,(H,24,25). The number of pyridine rings is 1. The molecule has 1 aromatic heterocycles. The van der Waals surface area contributed by atoms with E-state index in [2.05, 4.69) is 10.3 Å². The Kier molecular flexibility index (Phi) is 6.15. The van der Waals surface area contributed by atoms with E-state index in [9.17, 15) is 9.18 Å². The molecule has 0 unspecified atom stereocenters. The minimum absolute atomic E-state index is 0.0794. The summed E-state index contributed by atoms with van der Waals surface area (Å²) < 4.78 is 13.6. The maximum Gasteiger partial charge on any atom is 0.255 e. The summed E-state index contributed by atoms with van der Waals surface area (Å²) in [6, 6.07) is 20.1. The lowest BCUT2D eigenvalue weighted by atomic mass is 10.1. The first-order valence-corrected chi connectivity index (χ1v) is 8.86. The third kappa shape index (κ3) is 5.14. The van der Waals surface area contributed by atoms with Crippen LogP contribution in [0.2, 0.25) is 0 Å². The molecule has 3 aromatic rings. The van der Waals surface area contributed by atoms with Crippen molar-refractivity contribution in [1.82, 2.24) is 9.88 Å². The van der Waals surface area contributed by atoms with Crippen LogP contribution < -0.4 is 5.32 Å². The summed E-state index contributed by atoms with van der Waals surface area (Å²) in [7, 11) is 1.77. The van der Waals surface area contributed by atoms with Crippen molar-refractivity contribution in [1.29, 1.82) is 0 Å². The lowest BCUT2D eigenvalue weighted by molar-refractivity contribution is 0.0784. The van der Waals surface area contributed by atoms with E-state index in [1.807, 2.05) is 36.4 Å². The number of hydrogen-bond acceptors (Lipinski definition) is 3. The van der Waals surface area contributed by atoms with Crippen LogP contribution in [0.5, 0.6) is 0 Å². The Morgan fingerprint density at radius 1 is 1.04 bits per heavy atom. The summed E-state index contributed by atoms with van der Waals surface area (Å²) in [5.74, 6) is 0.382. The number of rotatable bonds is 7. The van der Waals surface area contributed by atoms with Crippen molar-refractivity contribution in [3.05, 3.63) is 95.4 Å². The number of aromatic nitrogens is 1. The number of benzene rings is 2. The first-order valence-electron chi connectivity index (χ1n) is 8.86. The molecule has 0 aliphatic rings. The zero-order chi connectivity index (χ0) is 19.1. The van der Waals surface area contributed by atoms with Crippen LogP contribution >= 0.6 is 0 Å². The van der Waals surface area contributed by atoms with E-state index >= 15 is 0 Å². The molecule has 2 aromatic carbocycles. The van der Waals surface area contributed by atoms with Crippen molar-refractivity contribution in [2.24, 2.45) is 0 Å². The second kappa shape index (κ2) is 8.94. The predicted molar refractivity (Wildman–Crippen MR) is 105 cm³/mol. The van der Waals surface area contributed by atoms with Gasteiger partial charge >= 0.3 is 0 Å². The van der Waals surface area contributed by atoms with Gasteiger partial charge < -0.3 is 10.2 Å². The molecule has 1 heterocycles. The number of nitrogens with zero attached hydrogens (tertiary/aromatic N) is 2. The van der Waals surface area contributed by atoms with Crippen molar-refractivity contribution >= 4 is 11.7 Å². The number of nitrogens with one attached hydrogen (secondary N) is 1. The molecule has 0 aliphatic carbocycles. The monoisotopic (exact) mass is 363 g/mol. The van der Waals surface area contributed by atoms with E-state index in [-0.39, 0.29) is 11.7 Å². The minimum atomic E-state index is -0.199. The second-order valence-corrected chi connectivity index (χ2v) is 6.35. The van der Waals surface area contributed by atoms with Gasteiger partial charge in [0.2, 0.25) is 0 Å². The Morgan fingerprint density at radius 3 is 2.48 bits per heavy atom. The maximum atomic E-state index is 13.6.